The van der Waals surface area contributed by atoms with Crippen LogP contribution in [0.25, 0.3) is 0 Å². The number of carboxylic acids is 1. The molecule has 4 rings (SSSR count). The number of carbonyl (C=O) groups excluding carboxylic acids is 2. The first kappa shape index (κ1) is 29.8. The van der Waals surface area contributed by atoms with Crippen molar-refractivity contribution in [3.8, 4) is 5.75 Å². The number of nitrogens with zero attached hydrogens (tertiary/aromatic N) is 4. The van der Waals surface area contributed by atoms with Crippen molar-refractivity contribution in [3.05, 3.63) is 48.0 Å². The summed E-state index contributed by atoms with van der Waals surface area (Å²) in [6.07, 6.45) is 10.3. The summed E-state index contributed by atoms with van der Waals surface area (Å²) in [5.41, 5.74) is 1.05. The van der Waals surface area contributed by atoms with Crippen LogP contribution in [0, 0.1) is 11.3 Å². The van der Waals surface area contributed by atoms with Crippen LogP contribution < -0.4 is 10.1 Å². The Kier molecular flexibility index (Phi) is 9.99. The van der Waals surface area contributed by atoms with Crippen molar-refractivity contribution in [3.63, 3.8) is 0 Å². The second kappa shape index (κ2) is 13.4. The summed E-state index contributed by atoms with van der Waals surface area (Å²) in [6.45, 7) is 1.07. The van der Waals surface area contributed by atoms with E-state index in [9.17, 15) is 19.5 Å². The number of likely N-dealkylation sites (tertiary alicyclic amines) is 1. The second-order valence-corrected chi connectivity index (χ2v) is 11.4. The number of piperidine rings is 1. The number of ether oxygens (including phenoxy) is 1. The van der Waals surface area contributed by atoms with E-state index in [4.69, 9.17) is 4.74 Å². The quantitative estimate of drug-likeness (QED) is 0.375. The molecule has 1 saturated heterocycles. The van der Waals surface area contributed by atoms with Crippen LogP contribution in [0.2, 0.25) is 0 Å². The number of thiol groups is 1. The number of carbonyl (C=O) groups is 3. The molecule has 0 unspecified atom stereocenters. The fourth-order valence-electron chi connectivity index (χ4n) is 6.20. The van der Waals surface area contributed by atoms with Crippen molar-refractivity contribution in [2.24, 2.45) is 18.4 Å². The van der Waals surface area contributed by atoms with Crippen molar-refractivity contribution >= 4 is 30.7 Å². The fraction of sp³-hybridized carbons (Fsp3) is 0.586. The lowest BCUT2D eigenvalue weighted by molar-refractivity contribution is -0.160. The molecule has 2 fully saturated rings. The predicted molar refractivity (Wildman–Crippen MR) is 154 cm³/mol. The molecule has 0 bridgehead atoms. The van der Waals surface area contributed by atoms with Crippen molar-refractivity contribution in [2.45, 2.75) is 63.8 Å². The van der Waals surface area contributed by atoms with Gasteiger partial charge >= 0.3 is 12.0 Å². The standard InChI is InChI=1S/C29H41N5O5S/c1-32-20-30-19-23(32)12-15-31-28(38)34(40)25(18-21-8-10-24(39-2)11-9-21)26(35)33-16-13-29(14-17-33,27(36)37)22-6-4-3-5-7-22/h8-11,19-20,22,25,40H,3-7,12-18H2,1-2H3,(H,31,38)(H,36,37)/t25-/m1/s1. The fourth-order valence-corrected chi connectivity index (χ4v) is 6.45. The van der Waals surface area contributed by atoms with Gasteiger partial charge in [-0.15, -0.1) is 0 Å². The third-order valence-electron chi connectivity index (χ3n) is 8.73. The molecule has 1 aliphatic carbocycles. The zero-order chi connectivity index (χ0) is 28.7. The number of amides is 3. The van der Waals surface area contributed by atoms with Gasteiger partial charge in [0.15, 0.2) is 0 Å². The van der Waals surface area contributed by atoms with Crippen LogP contribution in [0.1, 0.15) is 56.2 Å². The number of benzene rings is 1. The predicted octanol–water partition coefficient (Wildman–Crippen LogP) is 3.71. The summed E-state index contributed by atoms with van der Waals surface area (Å²) >= 11 is 4.50. The number of aryl methyl sites for hydroxylation is 1. The Morgan fingerprint density at radius 1 is 1.18 bits per heavy atom. The summed E-state index contributed by atoms with van der Waals surface area (Å²) in [4.78, 5) is 45.3. The van der Waals surface area contributed by atoms with Gasteiger partial charge in [0.25, 0.3) is 0 Å². The maximum Gasteiger partial charge on any atom is 0.327 e. The monoisotopic (exact) mass is 571 g/mol. The van der Waals surface area contributed by atoms with Gasteiger partial charge in [-0.2, -0.15) is 0 Å². The maximum atomic E-state index is 13.9. The Hall–Kier alpha value is -3.21. The van der Waals surface area contributed by atoms with E-state index in [-0.39, 0.29) is 18.2 Å². The number of hydrogen-bond donors (Lipinski definition) is 3. The molecule has 2 heterocycles. The highest BCUT2D eigenvalue weighted by Gasteiger charge is 2.49. The first-order valence-electron chi connectivity index (χ1n) is 14.1. The summed E-state index contributed by atoms with van der Waals surface area (Å²) in [7, 11) is 3.48. The highest BCUT2D eigenvalue weighted by molar-refractivity contribution is 7.78. The van der Waals surface area contributed by atoms with Crippen LogP contribution in [-0.2, 0) is 29.5 Å². The summed E-state index contributed by atoms with van der Waals surface area (Å²) in [5, 5.41) is 13.1. The Morgan fingerprint density at radius 3 is 2.42 bits per heavy atom. The summed E-state index contributed by atoms with van der Waals surface area (Å²) in [5.74, 6) is -0.121. The molecule has 3 amide bonds. The van der Waals surface area contributed by atoms with E-state index < -0.39 is 23.5 Å². The normalized spacial score (nSPS) is 18.1. The van der Waals surface area contributed by atoms with Crippen molar-refractivity contribution in [1.82, 2.24) is 24.1 Å². The minimum absolute atomic E-state index is 0.151. The molecular formula is C29H41N5O5S. The maximum absolute atomic E-state index is 13.9. The number of aromatic nitrogens is 2. The largest absolute Gasteiger partial charge is 0.497 e. The Balaban J connectivity index is 1.46. The van der Waals surface area contributed by atoms with Gasteiger partial charge in [-0.1, -0.05) is 44.2 Å². The third kappa shape index (κ3) is 6.74. The molecular weight excluding hydrogens is 530 g/mol. The number of hydrogen-bond acceptors (Lipinski definition) is 6. The molecule has 1 saturated carbocycles. The Morgan fingerprint density at radius 2 is 1.85 bits per heavy atom. The first-order chi connectivity index (χ1) is 19.2. The SMILES string of the molecule is COc1ccc(C[C@H](C(=O)N2CCC(C(=O)O)(C3CCCCC3)CC2)N(S)C(=O)NCCc2cncn2C)cc1. The van der Waals surface area contributed by atoms with E-state index in [1.54, 1.807) is 24.5 Å². The van der Waals surface area contributed by atoms with Crippen LogP contribution in [0.3, 0.4) is 0 Å². The van der Waals surface area contributed by atoms with Crippen LogP contribution in [0.4, 0.5) is 4.79 Å². The molecule has 1 aromatic heterocycles. The minimum atomic E-state index is -0.861. The molecule has 40 heavy (non-hydrogen) atoms. The second-order valence-electron chi connectivity index (χ2n) is 11.0. The molecule has 218 valence electrons. The summed E-state index contributed by atoms with van der Waals surface area (Å²) in [6, 6.07) is 6.06. The molecule has 1 aliphatic heterocycles. The number of imidazole rings is 1. The van der Waals surface area contributed by atoms with Crippen molar-refractivity contribution in [2.75, 3.05) is 26.7 Å². The zero-order valence-electron chi connectivity index (χ0n) is 23.4. The van der Waals surface area contributed by atoms with Crippen LogP contribution in [-0.4, -0.2) is 74.6 Å². The Bertz CT molecular complexity index is 1160. The van der Waals surface area contributed by atoms with Gasteiger partial charge in [0.05, 0.1) is 18.9 Å². The minimum Gasteiger partial charge on any atom is -0.497 e. The van der Waals surface area contributed by atoms with Crippen molar-refractivity contribution < 1.29 is 24.2 Å². The lowest BCUT2D eigenvalue weighted by Gasteiger charge is -2.45. The smallest absolute Gasteiger partial charge is 0.327 e. The van der Waals surface area contributed by atoms with E-state index in [1.807, 2.05) is 35.9 Å². The lowest BCUT2D eigenvalue weighted by atomic mass is 9.64. The first-order valence-corrected chi connectivity index (χ1v) is 14.5. The Labute approximate surface area is 241 Å². The number of carboxylic acid groups (broad SMARTS) is 1. The van der Waals surface area contributed by atoms with Gasteiger partial charge in [-0.25, -0.2) is 9.78 Å². The third-order valence-corrected chi connectivity index (χ3v) is 9.19. The molecule has 0 radical (unpaired) electrons. The molecule has 0 spiro atoms. The number of nitrogens with one attached hydrogen (secondary N) is 1. The molecule has 1 atom stereocenters. The summed E-state index contributed by atoms with van der Waals surface area (Å²) < 4.78 is 8.32. The van der Waals surface area contributed by atoms with Gasteiger partial charge in [-0.05, 0) is 49.3 Å². The molecule has 2 aliphatic rings. The molecule has 10 nitrogen and oxygen atoms in total. The highest BCUT2D eigenvalue weighted by Crippen LogP contribution is 2.46. The number of methoxy groups -OCH3 is 1. The molecule has 2 aromatic rings. The van der Waals surface area contributed by atoms with Gasteiger partial charge < -0.3 is 24.6 Å². The van der Waals surface area contributed by atoms with Crippen molar-refractivity contribution in [1.29, 1.82) is 0 Å². The number of urea groups is 1. The average Bonchev–Trinajstić information content (AvgIpc) is 3.40. The van der Waals surface area contributed by atoms with E-state index in [1.165, 1.54) is 4.31 Å². The van der Waals surface area contributed by atoms with Crippen LogP contribution in [0.5, 0.6) is 5.75 Å². The molecule has 2 N–H and O–H groups in total. The number of rotatable bonds is 10. The van der Waals surface area contributed by atoms with E-state index in [0.29, 0.717) is 44.6 Å². The van der Waals surface area contributed by atoms with E-state index in [2.05, 4.69) is 23.1 Å². The van der Waals surface area contributed by atoms with Gasteiger partial charge in [0, 0.05) is 51.4 Å². The molecule has 1 aromatic carbocycles. The lowest BCUT2D eigenvalue weighted by Crippen LogP contribution is -2.55. The van der Waals surface area contributed by atoms with Crippen LogP contribution in [0.15, 0.2) is 36.8 Å². The van der Waals surface area contributed by atoms with Gasteiger partial charge in [0.1, 0.15) is 11.8 Å². The highest BCUT2D eigenvalue weighted by atomic mass is 32.1. The average molecular weight is 572 g/mol. The topological polar surface area (TPSA) is 117 Å². The van der Waals surface area contributed by atoms with E-state index >= 15 is 0 Å². The van der Waals surface area contributed by atoms with Crippen LogP contribution >= 0.6 is 12.8 Å². The number of aliphatic carboxylic acids is 1. The molecule has 11 heteroatoms. The van der Waals surface area contributed by atoms with E-state index in [0.717, 1.165) is 43.4 Å². The van der Waals surface area contributed by atoms with Gasteiger partial charge in [-0.3, -0.25) is 13.9 Å². The zero-order valence-corrected chi connectivity index (χ0v) is 24.3. The van der Waals surface area contributed by atoms with Gasteiger partial charge in [0.2, 0.25) is 5.91 Å².